The van der Waals surface area contributed by atoms with Gasteiger partial charge >= 0.3 is 5.97 Å². The molecule has 1 aliphatic carbocycles. The first-order chi connectivity index (χ1) is 7.57. The maximum absolute atomic E-state index is 12.1. The van der Waals surface area contributed by atoms with Crippen molar-refractivity contribution in [1.82, 2.24) is 4.90 Å². The summed E-state index contributed by atoms with van der Waals surface area (Å²) in [5, 5.41) is 8.69. The zero-order valence-corrected chi connectivity index (χ0v) is 9.32. The summed E-state index contributed by atoms with van der Waals surface area (Å²) in [4.78, 5) is 24.5. The Kier molecular flexibility index (Phi) is 2.88. The van der Waals surface area contributed by atoms with E-state index in [-0.39, 0.29) is 23.7 Å². The highest BCUT2D eigenvalue weighted by atomic mass is 16.4. The summed E-state index contributed by atoms with van der Waals surface area (Å²) in [7, 11) is 0. The fourth-order valence-corrected chi connectivity index (χ4v) is 2.42. The van der Waals surface area contributed by atoms with Crippen molar-refractivity contribution in [3.63, 3.8) is 0 Å². The third-order valence-corrected chi connectivity index (χ3v) is 3.73. The monoisotopic (exact) mass is 226 g/mol. The van der Waals surface area contributed by atoms with Crippen LogP contribution in [0.1, 0.15) is 25.7 Å². The van der Waals surface area contributed by atoms with Crippen LogP contribution in [0.25, 0.3) is 0 Å². The maximum atomic E-state index is 12.1. The lowest BCUT2D eigenvalue weighted by Crippen LogP contribution is -2.39. The third-order valence-electron chi connectivity index (χ3n) is 3.73. The van der Waals surface area contributed by atoms with Gasteiger partial charge in [0.25, 0.3) is 0 Å². The predicted octanol–water partition coefficient (Wildman–Crippen LogP) is 0.0485. The molecule has 90 valence electrons. The molecule has 2 fully saturated rings. The standard InChI is InChI=1S/C11H18N2O3/c12-7-11(2-3-11)10(16)13-4-1-8(6-13)5-9(14)15/h8H,1-7,12H2,(H,14,15). The first-order valence-electron chi connectivity index (χ1n) is 5.79. The van der Waals surface area contributed by atoms with E-state index >= 15 is 0 Å². The minimum Gasteiger partial charge on any atom is -0.481 e. The summed E-state index contributed by atoms with van der Waals surface area (Å²) >= 11 is 0. The van der Waals surface area contributed by atoms with Crippen LogP contribution in [0.4, 0.5) is 0 Å². The normalized spacial score (nSPS) is 26.8. The van der Waals surface area contributed by atoms with Crippen LogP contribution in [-0.2, 0) is 9.59 Å². The van der Waals surface area contributed by atoms with Crippen LogP contribution in [0, 0.1) is 11.3 Å². The van der Waals surface area contributed by atoms with E-state index in [4.69, 9.17) is 10.8 Å². The van der Waals surface area contributed by atoms with Gasteiger partial charge in [-0.05, 0) is 25.2 Å². The summed E-state index contributed by atoms with van der Waals surface area (Å²) < 4.78 is 0. The molecule has 0 bridgehead atoms. The molecular weight excluding hydrogens is 208 g/mol. The smallest absolute Gasteiger partial charge is 0.303 e. The number of carbonyl (C=O) groups excluding carboxylic acids is 1. The molecule has 5 nitrogen and oxygen atoms in total. The first kappa shape index (κ1) is 11.4. The summed E-state index contributed by atoms with van der Waals surface area (Å²) in [6, 6.07) is 0. The zero-order valence-electron chi connectivity index (χ0n) is 9.32. The molecule has 1 heterocycles. The van der Waals surface area contributed by atoms with E-state index in [9.17, 15) is 9.59 Å². The van der Waals surface area contributed by atoms with Gasteiger partial charge in [-0.3, -0.25) is 9.59 Å². The van der Waals surface area contributed by atoms with Crippen LogP contribution in [0.15, 0.2) is 0 Å². The van der Waals surface area contributed by atoms with Gasteiger partial charge in [0.15, 0.2) is 0 Å². The van der Waals surface area contributed by atoms with Crippen LogP contribution in [0.3, 0.4) is 0 Å². The number of carbonyl (C=O) groups is 2. The largest absolute Gasteiger partial charge is 0.481 e. The maximum Gasteiger partial charge on any atom is 0.303 e. The average Bonchev–Trinajstić information content (AvgIpc) is 2.92. The van der Waals surface area contributed by atoms with Crippen molar-refractivity contribution >= 4 is 11.9 Å². The van der Waals surface area contributed by atoms with Crippen LogP contribution in [-0.4, -0.2) is 41.5 Å². The molecule has 0 aromatic heterocycles. The number of hydrogen-bond acceptors (Lipinski definition) is 3. The molecule has 1 saturated heterocycles. The molecule has 1 atom stereocenters. The second-order valence-electron chi connectivity index (χ2n) is 4.99. The quantitative estimate of drug-likeness (QED) is 0.709. The van der Waals surface area contributed by atoms with Crippen molar-refractivity contribution in [2.75, 3.05) is 19.6 Å². The van der Waals surface area contributed by atoms with Gasteiger partial charge in [-0.15, -0.1) is 0 Å². The SMILES string of the molecule is NCC1(C(=O)N2CCC(CC(=O)O)C2)CC1. The number of aliphatic carboxylic acids is 1. The van der Waals surface area contributed by atoms with Crippen molar-refractivity contribution in [2.45, 2.75) is 25.7 Å². The number of nitrogens with zero attached hydrogens (tertiary/aromatic N) is 1. The Morgan fingerprint density at radius 3 is 2.62 bits per heavy atom. The highest BCUT2D eigenvalue weighted by Crippen LogP contribution is 2.46. The van der Waals surface area contributed by atoms with E-state index in [1.54, 1.807) is 4.90 Å². The van der Waals surface area contributed by atoms with E-state index in [1.807, 2.05) is 0 Å². The Bertz CT molecular complexity index is 312. The highest BCUT2D eigenvalue weighted by Gasteiger charge is 2.51. The van der Waals surface area contributed by atoms with Gasteiger partial charge in [-0.2, -0.15) is 0 Å². The van der Waals surface area contributed by atoms with Crippen LogP contribution in [0.2, 0.25) is 0 Å². The van der Waals surface area contributed by atoms with Crippen LogP contribution < -0.4 is 5.73 Å². The van der Waals surface area contributed by atoms with Crippen molar-refractivity contribution in [3.8, 4) is 0 Å². The molecule has 1 unspecified atom stereocenters. The lowest BCUT2D eigenvalue weighted by atomic mass is 10.0. The molecule has 5 heteroatoms. The van der Waals surface area contributed by atoms with E-state index in [1.165, 1.54) is 0 Å². The van der Waals surface area contributed by atoms with Gasteiger partial charge in [0.2, 0.25) is 5.91 Å². The van der Waals surface area contributed by atoms with Crippen LogP contribution in [0.5, 0.6) is 0 Å². The third kappa shape index (κ3) is 2.04. The summed E-state index contributed by atoms with van der Waals surface area (Å²) in [5.41, 5.74) is 5.32. The molecule has 0 aromatic rings. The molecule has 0 spiro atoms. The lowest BCUT2D eigenvalue weighted by Gasteiger charge is -2.21. The molecule has 1 amide bonds. The highest BCUT2D eigenvalue weighted by molar-refractivity contribution is 5.86. The molecule has 1 saturated carbocycles. The summed E-state index contributed by atoms with van der Waals surface area (Å²) in [5.74, 6) is -0.517. The Morgan fingerprint density at radius 1 is 1.44 bits per heavy atom. The number of amides is 1. The van der Waals surface area contributed by atoms with Crippen molar-refractivity contribution in [1.29, 1.82) is 0 Å². The Morgan fingerprint density at radius 2 is 2.12 bits per heavy atom. The number of likely N-dealkylation sites (tertiary alicyclic amines) is 1. The Hall–Kier alpha value is -1.10. The molecule has 2 rings (SSSR count). The van der Waals surface area contributed by atoms with Gasteiger partial charge in [-0.1, -0.05) is 0 Å². The Labute approximate surface area is 94.6 Å². The first-order valence-corrected chi connectivity index (χ1v) is 5.79. The van der Waals surface area contributed by atoms with Gasteiger partial charge in [0.05, 0.1) is 5.41 Å². The van der Waals surface area contributed by atoms with E-state index in [0.717, 1.165) is 19.3 Å². The summed E-state index contributed by atoms with van der Waals surface area (Å²) in [6.07, 6.45) is 2.75. The van der Waals surface area contributed by atoms with Crippen molar-refractivity contribution in [2.24, 2.45) is 17.1 Å². The topological polar surface area (TPSA) is 83.6 Å². The van der Waals surface area contributed by atoms with Gasteiger partial charge < -0.3 is 15.7 Å². The Balaban J connectivity index is 1.89. The molecule has 16 heavy (non-hydrogen) atoms. The van der Waals surface area contributed by atoms with Gasteiger partial charge in [0, 0.05) is 26.1 Å². The summed E-state index contributed by atoms with van der Waals surface area (Å²) in [6.45, 7) is 1.71. The zero-order chi connectivity index (χ0) is 11.8. The van der Waals surface area contributed by atoms with Gasteiger partial charge in [-0.25, -0.2) is 0 Å². The molecular formula is C11H18N2O3. The molecule has 3 N–H and O–H groups in total. The fraction of sp³-hybridized carbons (Fsp3) is 0.818. The molecule has 0 aromatic carbocycles. The number of carboxylic acids is 1. The number of hydrogen-bond donors (Lipinski definition) is 2. The molecule has 2 aliphatic rings. The number of nitrogens with two attached hydrogens (primary N) is 1. The number of rotatable bonds is 4. The molecule has 1 aliphatic heterocycles. The van der Waals surface area contributed by atoms with E-state index < -0.39 is 5.97 Å². The second-order valence-corrected chi connectivity index (χ2v) is 4.99. The average molecular weight is 226 g/mol. The second kappa shape index (κ2) is 4.05. The van der Waals surface area contributed by atoms with E-state index in [0.29, 0.717) is 19.6 Å². The minimum absolute atomic E-state index is 0.120. The van der Waals surface area contributed by atoms with Crippen LogP contribution >= 0.6 is 0 Å². The lowest BCUT2D eigenvalue weighted by molar-refractivity contribution is -0.139. The molecule has 0 radical (unpaired) electrons. The van der Waals surface area contributed by atoms with Gasteiger partial charge in [0.1, 0.15) is 0 Å². The van der Waals surface area contributed by atoms with Crippen molar-refractivity contribution in [3.05, 3.63) is 0 Å². The fourth-order valence-electron chi connectivity index (χ4n) is 2.42. The van der Waals surface area contributed by atoms with Crippen molar-refractivity contribution < 1.29 is 14.7 Å². The predicted molar refractivity (Wildman–Crippen MR) is 57.7 cm³/mol. The number of carboxylic acid groups (broad SMARTS) is 1. The minimum atomic E-state index is -0.778. The van der Waals surface area contributed by atoms with E-state index in [2.05, 4.69) is 0 Å².